The van der Waals surface area contributed by atoms with E-state index in [1.165, 1.54) is 0 Å². The fourth-order valence-corrected chi connectivity index (χ4v) is 6.70. The van der Waals surface area contributed by atoms with E-state index in [9.17, 15) is 105 Å². The SMILES string of the molecule is Fc1c(F)c(F)c2c(c1F)-c1c(F)c(F)c(F)c(F)c1C2(F)[B]C1(F)c2c(F)c(F)c(F)c(F)c2C(F)(F)C(F)(F)C1(F)F.Fc1cc(F)c([B]c2c(F)cc(F)c(F)c2F)c(F)c1F. The van der Waals surface area contributed by atoms with E-state index in [2.05, 4.69) is 0 Å². The Labute approximate surface area is 339 Å². The van der Waals surface area contributed by atoms with E-state index >= 15 is 17.6 Å². The van der Waals surface area contributed by atoms with E-state index in [-0.39, 0.29) is 19.4 Å². The van der Waals surface area contributed by atoms with Gasteiger partial charge in [-0.3, -0.25) is 0 Å². The number of benzene rings is 5. The minimum atomic E-state index is -7.49. The normalized spacial score (nSPS) is 18.4. The van der Waals surface area contributed by atoms with Crippen LogP contribution in [0.5, 0.6) is 0 Å². The molecule has 1 unspecified atom stereocenters. The van der Waals surface area contributed by atoms with Crippen LogP contribution < -0.4 is 10.9 Å². The Morgan fingerprint density at radius 1 is 0.292 bits per heavy atom. The molecule has 344 valence electrons. The third-order valence-electron chi connectivity index (χ3n) is 9.69. The third kappa shape index (κ3) is 6.29. The Hall–Kier alpha value is -5.73. The van der Waals surface area contributed by atoms with Gasteiger partial charge in [-0.25, -0.2) is 96.6 Å². The predicted molar refractivity (Wildman–Crippen MR) is 160 cm³/mol. The molecular weight excluding hydrogens is 974 g/mol. The molecule has 2 aliphatic rings. The first-order valence-corrected chi connectivity index (χ1v) is 16.1. The summed E-state index contributed by atoms with van der Waals surface area (Å²) in [6.45, 7) is 0. The zero-order valence-corrected chi connectivity index (χ0v) is 29.4. The molecule has 5 aromatic rings. The van der Waals surface area contributed by atoms with Gasteiger partial charge in [0.1, 0.15) is 17.2 Å². The van der Waals surface area contributed by atoms with Crippen LogP contribution >= 0.6 is 0 Å². The second-order valence-corrected chi connectivity index (χ2v) is 13.2. The van der Waals surface area contributed by atoms with Gasteiger partial charge in [0.2, 0.25) is 14.6 Å². The molecule has 7 rings (SSSR count). The molecule has 0 saturated heterocycles. The quantitative estimate of drug-likeness (QED) is 0.0729. The fourth-order valence-electron chi connectivity index (χ4n) is 6.70. The van der Waals surface area contributed by atoms with Crippen molar-refractivity contribution in [3.63, 3.8) is 0 Å². The molecule has 0 fully saturated rings. The van der Waals surface area contributed by atoms with Gasteiger partial charge in [-0.2, -0.15) is 26.3 Å². The lowest BCUT2D eigenvalue weighted by atomic mass is 9.42. The van der Waals surface area contributed by atoms with Crippen LogP contribution in [-0.2, 0) is 17.1 Å². The molecule has 0 bridgehead atoms. The Bertz CT molecular complexity index is 2780. The number of rotatable bonds is 4. The van der Waals surface area contributed by atoms with E-state index in [4.69, 9.17) is 0 Å². The number of alkyl halides is 8. The van der Waals surface area contributed by atoms with Gasteiger partial charge in [0.15, 0.2) is 110 Å². The van der Waals surface area contributed by atoms with Crippen LogP contribution in [0.1, 0.15) is 22.3 Å². The summed E-state index contributed by atoms with van der Waals surface area (Å²) in [7, 11) is -2.04. The number of hydrogen-bond acceptors (Lipinski definition) is 0. The summed E-state index contributed by atoms with van der Waals surface area (Å²) in [5, 5.41) is 0. The van der Waals surface area contributed by atoms with E-state index in [0.29, 0.717) is 0 Å². The standard InChI is InChI=1S/C23BF20.C12H2BF8/c25-7-1-2-4(10(28)16(34)14(32)8(2)26)19(37,3(1)9(27)15(33)13(7)31)24-20(38)5-6(12(30)18(36)17(35)11(5)29)21(39,40)23(43,44)22(20,41)42;14-3-1-5(16)9(18)11(20)7(3)13-8-4(15)2-6(17)10(19)12(8)21/h;1-2H. The van der Waals surface area contributed by atoms with Crippen molar-refractivity contribution < 1.29 is 123 Å². The Kier molecular flexibility index (Phi) is 11.4. The van der Waals surface area contributed by atoms with E-state index in [0.717, 1.165) is 0 Å². The second-order valence-electron chi connectivity index (χ2n) is 13.2. The fraction of sp³-hybridized carbons (Fsp3) is 0.143. The lowest BCUT2D eigenvalue weighted by Crippen LogP contribution is -2.69. The highest BCUT2D eigenvalue weighted by Gasteiger charge is 2.86. The maximum absolute atomic E-state index is 16.7. The first-order valence-electron chi connectivity index (χ1n) is 16.1. The van der Waals surface area contributed by atoms with Crippen molar-refractivity contribution >= 4 is 25.5 Å². The number of hydrogen-bond donors (Lipinski definition) is 0. The summed E-state index contributed by atoms with van der Waals surface area (Å²) in [6.07, 6.45) is 0. The molecule has 0 aromatic heterocycles. The summed E-state index contributed by atoms with van der Waals surface area (Å²) >= 11 is 0. The highest BCUT2D eigenvalue weighted by molar-refractivity contribution is 6.67. The minimum absolute atomic E-state index is 0.0556. The largest absolute Gasteiger partial charge is 0.379 e. The maximum atomic E-state index is 16.7. The molecule has 0 heterocycles. The lowest BCUT2D eigenvalue weighted by Gasteiger charge is -2.48. The summed E-state index contributed by atoms with van der Waals surface area (Å²) in [6, 6.07) is -0.111. The van der Waals surface area contributed by atoms with E-state index < -0.39 is 197 Å². The number of halogens is 28. The molecule has 0 N–H and O–H groups in total. The van der Waals surface area contributed by atoms with Crippen molar-refractivity contribution in [1.82, 2.24) is 0 Å². The molecule has 5 aromatic carbocycles. The lowest BCUT2D eigenvalue weighted by molar-refractivity contribution is -0.351. The summed E-state index contributed by atoms with van der Waals surface area (Å²) in [5.41, 5.74) is -33.7. The van der Waals surface area contributed by atoms with Crippen molar-refractivity contribution in [3.05, 3.63) is 151 Å². The summed E-state index contributed by atoms with van der Waals surface area (Å²) in [5.74, 6) is -77.1. The molecule has 0 amide bonds. The van der Waals surface area contributed by atoms with Gasteiger partial charge in [-0.1, -0.05) is 0 Å². The molecule has 0 aliphatic heterocycles. The number of fused-ring (bicyclic) bond motifs is 4. The van der Waals surface area contributed by atoms with E-state index in [1.807, 2.05) is 0 Å². The summed E-state index contributed by atoms with van der Waals surface area (Å²) < 4.78 is 398. The average Bonchev–Trinajstić information content (AvgIpc) is 3.49. The van der Waals surface area contributed by atoms with Gasteiger partial charge in [-0.05, 0) is 10.9 Å². The van der Waals surface area contributed by atoms with Crippen molar-refractivity contribution in [2.45, 2.75) is 28.9 Å². The Morgan fingerprint density at radius 3 is 0.954 bits per heavy atom. The van der Waals surface area contributed by atoms with Gasteiger partial charge in [0, 0.05) is 39.9 Å². The van der Waals surface area contributed by atoms with Crippen LogP contribution in [-0.4, -0.2) is 26.4 Å². The Balaban J connectivity index is 0.000000279. The predicted octanol–water partition coefficient (Wildman–Crippen LogP) is 10.9. The molecular formula is C35H2B2F28. The van der Waals surface area contributed by atoms with Gasteiger partial charge in [-0.15, -0.1) is 0 Å². The van der Waals surface area contributed by atoms with Crippen molar-refractivity contribution in [3.8, 4) is 11.1 Å². The zero-order chi connectivity index (χ0) is 49.5. The topological polar surface area (TPSA) is 0 Å². The Morgan fingerprint density at radius 2 is 0.600 bits per heavy atom. The first-order chi connectivity index (χ1) is 29.6. The first kappa shape index (κ1) is 48.7. The van der Waals surface area contributed by atoms with Crippen LogP contribution in [0.3, 0.4) is 0 Å². The van der Waals surface area contributed by atoms with Crippen molar-refractivity contribution in [2.75, 3.05) is 0 Å². The summed E-state index contributed by atoms with van der Waals surface area (Å²) in [4.78, 5) is 0. The molecule has 1 atom stereocenters. The monoisotopic (exact) mass is 976 g/mol. The minimum Gasteiger partial charge on any atom is -0.244 e. The third-order valence-corrected chi connectivity index (χ3v) is 9.69. The van der Waals surface area contributed by atoms with Crippen LogP contribution in [0, 0.1) is 116 Å². The van der Waals surface area contributed by atoms with Crippen LogP contribution in [0.15, 0.2) is 12.1 Å². The molecule has 0 nitrogen and oxygen atoms in total. The average molecular weight is 976 g/mol. The molecule has 0 spiro atoms. The molecule has 2 aliphatic carbocycles. The molecule has 2 radical (unpaired) electrons. The van der Waals surface area contributed by atoms with E-state index in [1.54, 1.807) is 0 Å². The van der Waals surface area contributed by atoms with Gasteiger partial charge in [0.05, 0.1) is 5.56 Å². The second kappa shape index (κ2) is 15.2. The maximum Gasteiger partial charge on any atom is 0.379 e. The smallest absolute Gasteiger partial charge is 0.244 e. The highest BCUT2D eigenvalue weighted by atomic mass is 19.4. The molecule has 30 heteroatoms. The van der Waals surface area contributed by atoms with Crippen LogP contribution in [0.25, 0.3) is 11.1 Å². The van der Waals surface area contributed by atoms with Crippen LogP contribution in [0.2, 0.25) is 0 Å². The van der Waals surface area contributed by atoms with Crippen molar-refractivity contribution in [2.24, 2.45) is 0 Å². The molecule has 0 saturated carbocycles. The van der Waals surface area contributed by atoms with Gasteiger partial charge in [0.25, 0.3) is 0 Å². The zero-order valence-electron chi connectivity index (χ0n) is 29.4. The molecule has 65 heavy (non-hydrogen) atoms. The van der Waals surface area contributed by atoms with Gasteiger partial charge < -0.3 is 0 Å². The highest BCUT2D eigenvalue weighted by Crippen LogP contribution is 2.67. The van der Waals surface area contributed by atoms with Gasteiger partial charge >= 0.3 is 17.8 Å². The van der Waals surface area contributed by atoms with Crippen LogP contribution in [0.4, 0.5) is 123 Å². The van der Waals surface area contributed by atoms with Crippen molar-refractivity contribution in [1.29, 1.82) is 0 Å².